The average Bonchev–Trinajstić information content (AvgIpc) is 2.47. The van der Waals surface area contributed by atoms with Gasteiger partial charge in [-0.05, 0) is 31.2 Å². The molecule has 1 aromatic carbocycles. The van der Waals surface area contributed by atoms with Crippen molar-refractivity contribution in [2.45, 2.75) is 18.2 Å². The van der Waals surface area contributed by atoms with E-state index in [1.165, 1.54) is 19.8 Å². The zero-order chi connectivity index (χ0) is 15.5. The van der Waals surface area contributed by atoms with Crippen molar-refractivity contribution in [3.05, 3.63) is 18.2 Å². The van der Waals surface area contributed by atoms with Crippen molar-refractivity contribution in [1.29, 1.82) is 0 Å². The van der Waals surface area contributed by atoms with Crippen LogP contribution in [0.3, 0.4) is 0 Å². The van der Waals surface area contributed by atoms with E-state index in [1.807, 2.05) is 6.07 Å². The lowest BCUT2D eigenvalue weighted by Gasteiger charge is -2.36. The third kappa shape index (κ3) is 3.89. The summed E-state index contributed by atoms with van der Waals surface area (Å²) >= 11 is 0. The van der Waals surface area contributed by atoms with Crippen LogP contribution < -0.4 is 9.64 Å². The van der Waals surface area contributed by atoms with Crippen LogP contribution >= 0.6 is 0 Å². The van der Waals surface area contributed by atoms with Crippen molar-refractivity contribution in [1.82, 2.24) is 4.90 Å². The highest BCUT2D eigenvalue weighted by Crippen LogP contribution is 2.29. The Bertz CT molecular complexity index is 579. The molecule has 0 aliphatic carbocycles. The van der Waals surface area contributed by atoms with Gasteiger partial charge in [0.1, 0.15) is 10.6 Å². The summed E-state index contributed by atoms with van der Waals surface area (Å²) in [6.45, 7) is 7.21. The number of piperazine rings is 1. The highest BCUT2D eigenvalue weighted by Gasteiger charge is 2.20. The van der Waals surface area contributed by atoms with E-state index in [0.29, 0.717) is 5.75 Å². The topological polar surface area (TPSA) is 49.9 Å². The monoisotopic (exact) mass is 312 g/mol. The first-order chi connectivity index (χ1) is 9.95. The molecule has 0 aromatic heterocycles. The second-order valence-electron chi connectivity index (χ2n) is 5.44. The van der Waals surface area contributed by atoms with E-state index >= 15 is 0 Å². The van der Waals surface area contributed by atoms with Gasteiger partial charge < -0.3 is 9.64 Å². The third-order valence-electron chi connectivity index (χ3n) is 3.82. The molecule has 0 amide bonds. The fourth-order valence-electron chi connectivity index (χ4n) is 2.70. The normalized spacial score (nSPS) is 17.0. The lowest BCUT2D eigenvalue weighted by atomic mass is 10.2. The van der Waals surface area contributed by atoms with Crippen LogP contribution in [0.15, 0.2) is 23.1 Å². The van der Waals surface area contributed by atoms with Crippen LogP contribution in [0.2, 0.25) is 0 Å². The molecule has 1 aromatic rings. The number of nitrogens with zero attached hydrogens (tertiary/aromatic N) is 2. The smallest absolute Gasteiger partial charge is 0.179 e. The van der Waals surface area contributed by atoms with Gasteiger partial charge in [-0.15, -0.1) is 0 Å². The molecule has 2 rings (SSSR count). The number of benzene rings is 1. The molecule has 0 atom stereocenters. The number of hydrogen-bond donors (Lipinski definition) is 0. The number of hydrogen-bond acceptors (Lipinski definition) is 5. The van der Waals surface area contributed by atoms with Gasteiger partial charge in [-0.3, -0.25) is 4.90 Å². The molecule has 0 spiro atoms. The Morgan fingerprint density at radius 2 is 1.86 bits per heavy atom. The second-order valence-corrected chi connectivity index (χ2v) is 7.42. The van der Waals surface area contributed by atoms with Crippen LogP contribution in [-0.4, -0.2) is 59.4 Å². The van der Waals surface area contributed by atoms with E-state index in [-0.39, 0.29) is 4.90 Å². The molecule has 1 heterocycles. The molecule has 1 aliphatic heterocycles. The predicted octanol–water partition coefficient (Wildman–Crippen LogP) is 1.63. The zero-order valence-electron chi connectivity index (χ0n) is 13.0. The highest BCUT2D eigenvalue weighted by molar-refractivity contribution is 7.90. The Morgan fingerprint density at radius 1 is 1.19 bits per heavy atom. The maximum atomic E-state index is 11.9. The molecule has 0 radical (unpaired) electrons. The predicted molar refractivity (Wildman–Crippen MR) is 85.0 cm³/mol. The van der Waals surface area contributed by atoms with Gasteiger partial charge in [-0.1, -0.05) is 6.92 Å². The first kappa shape index (κ1) is 16.1. The Balaban J connectivity index is 2.19. The summed E-state index contributed by atoms with van der Waals surface area (Å²) in [5.41, 5.74) is 0.951. The first-order valence-electron chi connectivity index (χ1n) is 7.31. The number of sulfone groups is 1. The molecule has 1 aliphatic rings. The van der Waals surface area contributed by atoms with Crippen molar-refractivity contribution in [2.24, 2.45) is 0 Å². The molecule has 0 unspecified atom stereocenters. The largest absolute Gasteiger partial charge is 0.495 e. The fraction of sp³-hybridized carbons (Fsp3) is 0.600. The van der Waals surface area contributed by atoms with Crippen molar-refractivity contribution >= 4 is 15.5 Å². The van der Waals surface area contributed by atoms with Crippen LogP contribution in [0.4, 0.5) is 5.69 Å². The summed E-state index contributed by atoms with van der Waals surface area (Å²) < 4.78 is 28.9. The van der Waals surface area contributed by atoms with Gasteiger partial charge in [0.25, 0.3) is 0 Å². The fourth-order valence-corrected chi connectivity index (χ4v) is 3.55. The van der Waals surface area contributed by atoms with Gasteiger partial charge in [0.05, 0.1) is 7.11 Å². The zero-order valence-corrected chi connectivity index (χ0v) is 13.8. The molecule has 0 bridgehead atoms. The van der Waals surface area contributed by atoms with Crippen LogP contribution in [0, 0.1) is 0 Å². The summed E-state index contributed by atoms with van der Waals surface area (Å²) in [5.74, 6) is 0.408. The average molecular weight is 312 g/mol. The quantitative estimate of drug-likeness (QED) is 0.827. The maximum absolute atomic E-state index is 11.9. The van der Waals surface area contributed by atoms with E-state index in [2.05, 4.69) is 16.7 Å². The maximum Gasteiger partial charge on any atom is 0.179 e. The van der Waals surface area contributed by atoms with Crippen LogP contribution in [0.1, 0.15) is 13.3 Å². The number of anilines is 1. The van der Waals surface area contributed by atoms with Crippen molar-refractivity contribution < 1.29 is 13.2 Å². The number of ether oxygens (including phenoxy) is 1. The Morgan fingerprint density at radius 3 is 2.38 bits per heavy atom. The molecule has 1 fully saturated rings. The van der Waals surface area contributed by atoms with E-state index < -0.39 is 9.84 Å². The van der Waals surface area contributed by atoms with Crippen molar-refractivity contribution in [3.8, 4) is 5.75 Å². The SMILES string of the molecule is CCCN1CCN(c2ccc(OC)c(S(C)(=O)=O)c2)CC1. The van der Waals surface area contributed by atoms with Gasteiger partial charge in [0, 0.05) is 38.1 Å². The lowest BCUT2D eigenvalue weighted by molar-refractivity contribution is 0.258. The second kappa shape index (κ2) is 6.66. The molecule has 1 saturated heterocycles. The molecule has 0 N–H and O–H groups in total. The first-order valence-corrected chi connectivity index (χ1v) is 9.20. The molecular formula is C15H24N2O3S. The molecule has 5 nitrogen and oxygen atoms in total. The van der Waals surface area contributed by atoms with E-state index in [9.17, 15) is 8.42 Å². The summed E-state index contributed by atoms with van der Waals surface area (Å²) in [5, 5.41) is 0. The summed E-state index contributed by atoms with van der Waals surface area (Å²) in [6.07, 6.45) is 2.38. The Kier molecular flexibility index (Phi) is 5.11. The minimum absolute atomic E-state index is 0.262. The summed E-state index contributed by atoms with van der Waals surface area (Å²) in [7, 11) is -1.79. The van der Waals surface area contributed by atoms with Gasteiger partial charge in [-0.2, -0.15) is 0 Å². The Hall–Kier alpha value is -1.27. The molecule has 6 heteroatoms. The van der Waals surface area contributed by atoms with E-state index in [4.69, 9.17) is 4.74 Å². The van der Waals surface area contributed by atoms with Crippen LogP contribution in [0.5, 0.6) is 5.75 Å². The van der Waals surface area contributed by atoms with Crippen molar-refractivity contribution in [2.75, 3.05) is 51.0 Å². The van der Waals surface area contributed by atoms with Gasteiger partial charge >= 0.3 is 0 Å². The van der Waals surface area contributed by atoms with E-state index in [0.717, 1.165) is 38.4 Å². The standard InChI is InChI=1S/C15H24N2O3S/c1-4-7-16-8-10-17(11-9-16)13-5-6-14(20-2)15(12-13)21(3,18)19/h5-6,12H,4,7-11H2,1-3H3. The summed E-state index contributed by atoms with van der Waals surface area (Å²) in [4.78, 5) is 4.94. The lowest BCUT2D eigenvalue weighted by Crippen LogP contribution is -2.46. The molecular weight excluding hydrogens is 288 g/mol. The minimum Gasteiger partial charge on any atom is -0.495 e. The molecule has 0 saturated carbocycles. The van der Waals surface area contributed by atoms with Gasteiger partial charge in [-0.25, -0.2) is 8.42 Å². The minimum atomic E-state index is -3.29. The van der Waals surface area contributed by atoms with E-state index in [1.54, 1.807) is 12.1 Å². The van der Waals surface area contributed by atoms with Crippen LogP contribution in [0.25, 0.3) is 0 Å². The highest BCUT2D eigenvalue weighted by atomic mass is 32.2. The number of methoxy groups -OCH3 is 1. The molecule has 118 valence electrons. The Labute approximate surface area is 127 Å². The number of rotatable bonds is 5. The third-order valence-corrected chi connectivity index (χ3v) is 4.94. The van der Waals surface area contributed by atoms with Gasteiger partial charge in [0.15, 0.2) is 9.84 Å². The van der Waals surface area contributed by atoms with Crippen LogP contribution in [-0.2, 0) is 9.84 Å². The van der Waals surface area contributed by atoms with Crippen molar-refractivity contribution in [3.63, 3.8) is 0 Å². The summed E-state index contributed by atoms with van der Waals surface area (Å²) in [6, 6.07) is 5.40. The van der Waals surface area contributed by atoms with Gasteiger partial charge in [0.2, 0.25) is 0 Å². The molecule has 21 heavy (non-hydrogen) atoms.